The van der Waals surface area contributed by atoms with Crippen molar-refractivity contribution in [1.82, 2.24) is 4.90 Å². The first-order chi connectivity index (χ1) is 11.5. The maximum Gasteiger partial charge on any atom is 0.323 e. The van der Waals surface area contributed by atoms with Crippen LogP contribution in [-0.2, 0) is 0 Å². The number of aryl methyl sites for hydroxylation is 3. The number of carbonyl (C=O) groups excluding carboxylic acids is 1. The van der Waals surface area contributed by atoms with E-state index in [1.54, 1.807) is 6.07 Å². The van der Waals surface area contributed by atoms with Gasteiger partial charge in [-0.25, -0.2) is 4.79 Å². The predicted octanol–water partition coefficient (Wildman–Crippen LogP) is 5.54. The van der Waals surface area contributed by atoms with Gasteiger partial charge in [-0.3, -0.25) is 0 Å². The lowest BCUT2D eigenvalue weighted by atomic mass is 10.1. The van der Waals surface area contributed by atoms with Gasteiger partial charge in [-0.1, -0.05) is 41.4 Å². The van der Waals surface area contributed by atoms with E-state index in [-0.39, 0.29) is 11.4 Å². The third-order valence-corrected chi connectivity index (χ3v) is 5.92. The number of nitrogens with one attached hydrogen (secondary N) is 1. The topological polar surface area (TPSA) is 32.3 Å². The van der Waals surface area contributed by atoms with E-state index in [9.17, 15) is 4.79 Å². The van der Waals surface area contributed by atoms with Crippen LogP contribution in [0.15, 0.2) is 36.4 Å². The largest absolute Gasteiger partial charge is 0.323 e. The molecule has 0 unspecified atom stereocenters. The van der Waals surface area contributed by atoms with Crippen LogP contribution in [0.4, 0.5) is 10.5 Å². The molecule has 2 amide bonds. The molecule has 1 N–H and O–H groups in total. The summed E-state index contributed by atoms with van der Waals surface area (Å²) < 4.78 is 0. The molecule has 1 saturated heterocycles. The standard InChI is InChI=1S/C19H21ClN2OS/c1-12-4-7-16(14(3)10-12)18-22(8-9-24-18)19(23)21-15-6-5-13(2)17(20)11-15/h4-7,10-11,18H,8-9H2,1-3H3,(H,21,23)/t18-/m1/s1. The van der Waals surface area contributed by atoms with Gasteiger partial charge in [0, 0.05) is 23.0 Å². The van der Waals surface area contributed by atoms with Gasteiger partial charge in [0.1, 0.15) is 5.37 Å². The Morgan fingerprint density at radius 1 is 1.17 bits per heavy atom. The summed E-state index contributed by atoms with van der Waals surface area (Å²) in [5, 5.41) is 3.69. The lowest BCUT2D eigenvalue weighted by Crippen LogP contribution is -2.34. The fourth-order valence-electron chi connectivity index (χ4n) is 2.90. The number of urea groups is 1. The van der Waals surface area contributed by atoms with Crippen molar-refractivity contribution in [2.75, 3.05) is 17.6 Å². The van der Waals surface area contributed by atoms with Crippen molar-refractivity contribution in [3.8, 4) is 0 Å². The van der Waals surface area contributed by atoms with Crippen LogP contribution < -0.4 is 5.32 Å². The van der Waals surface area contributed by atoms with Gasteiger partial charge in [-0.05, 0) is 49.6 Å². The maximum absolute atomic E-state index is 12.7. The lowest BCUT2D eigenvalue weighted by Gasteiger charge is -2.26. The Morgan fingerprint density at radius 2 is 1.96 bits per heavy atom. The van der Waals surface area contributed by atoms with E-state index in [0.717, 1.165) is 23.5 Å². The number of halogens is 1. The molecular formula is C19H21ClN2OS. The second kappa shape index (κ2) is 7.08. The molecule has 1 aliphatic heterocycles. The van der Waals surface area contributed by atoms with Gasteiger partial charge in [0.2, 0.25) is 0 Å². The first-order valence-corrected chi connectivity index (χ1v) is 9.41. The Balaban J connectivity index is 1.79. The van der Waals surface area contributed by atoms with Gasteiger partial charge in [0.05, 0.1) is 0 Å². The minimum Gasteiger partial charge on any atom is -0.308 e. The Labute approximate surface area is 152 Å². The van der Waals surface area contributed by atoms with E-state index in [2.05, 4.69) is 37.4 Å². The normalized spacial score (nSPS) is 17.2. The highest BCUT2D eigenvalue weighted by Crippen LogP contribution is 2.39. The van der Waals surface area contributed by atoms with Crippen LogP contribution in [0.25, 0.3) is 0 Å². The zero-order valence-corrected chi connectivity index (χ0v) is 15.7. The zero-order chi connectivity index (χ0) is 17.3. The fourth-order valence-corrected chi connectivity index (χ4v) is 4.44. The summed E-state index contributed by atoms with van der Waals surface area (Å²) in [6.45, 7) is 6.89. The number of amides is 2. The summed E-state index contributed by atoms with van der Waals surface area (Å²) >= 11 is 7.96. The summed E-state index contributed by atoms with van der Waals surface area (Å²) in [6.07, 6.45) is 0. The molecule has 5 heteroatoms. The van der Waals surface area contributed by atoms with Gasteiger partial charge in [0.25, 0.3) is 0 Å². The molecule has 1 heterocycles. The van der Waals surface area contributed by atoms with Crippen LogP contribution in [-0.4, -0.2) is 23.2 Å². The molecule has 0 bridgehead atoms. The number of rotatable bonds is 2. The number of carbonyl (C=O) groups is 1. The number of hydrogen-bond acceptors (Lipinski definition) is 2. The minimum absolute atomic E-state index is 0.0616. The van der Waals surface area contributed by atoms with E-state index >= 15 is 0 Å². The van der Waals surface area contributed by atoms with Crippen LogP contribution in [0.5, 0.6) is 0 Å². The van der Waals surface area contributed by atoms with Crippen LogP contribution in [0.3, 0.4) is 0 Å². The van der Waals surface area contributed by atoms with Gasteiger partial charge in [-0.2, -0.15) is 0 Å². The molecule has 0 aromatic heterocycles. The number of nitrogens with zero attached hydrogens (tertiary/aromatic N) is 1. The zero-order valence-electron chi connectivity index (χ0n) is 14.1. The molecule has 24 heavy (non-hydrogen) atoms. The molecule has 3 rings (SSSR count). The van der Waals surface area contributed by atoms with Crippen molar-refractivity contribution in [1.29, 1.82) is 0 Å². The Hall–Kier alpha value is -1.65. The van der Waals surface area contributed by atoms with E-state index in [1.165, 1.54) is 16.7 Å². The van der Waals surface area contributed by atoms with Gasteiger partial charge in [-0.15, -0.1) is 11.8 Å². The second-order valence-corrected chi connectivity index (χ2v) is 7.77. The monoisotopic (exact) mass is 360 g/mol. The molecule has 1 atom stereocenters. The Bertz CT molecular complexity index is 778. The van der Waals surface area contributed by atoms with Gasteiger partial charge >= 0.3 is 6.03 Å². The van der Waals surface area contributed by atoms with Gasteiger partial charge in [0.15, 0.2) is 0 Å². The van der Waals surface area contributed by atoms with E-state index in [4.69, 9.17) is 11.6 Å². The molecular weight excluding hydrogens is 340 g/mol. The molecule has 0 aliphatic carbocycles. The molecule has 0 spiro atoms. The second-order valence-electron chi connectivity index (χ2n) is 6.17. The van der Waals surface area contributed by atoms with Crippen LogP contribution in [0.1, 0.15) is 27.6 Å². The quantitative estimate of drug-likeness (QED) is 0.762. The molecule has 0 saturated carbocycles. The third kappa shape index (κ3) is 3.55. The molecule has 2 aromatic carbocycles. The maximum atomic E-state index is 12.7. The number of anilines is 1. The van der Waals surface area contributed by atoms with Crippen LogP contribution in [0.2, 0.25) is 5.02 Å². The average Bonchev–Trinajstić information content (AvgIpc) is 3.00. The first kappa shape index (κ1) is 17.2. The Kier molecular flexibility index (Phi) is 5.07. The van der Waals surface area contributed by atoms with Crippen molar-refractivity contribution >= 4 is 35.1 Å². The average molecular weight is 361 g/mol. The predicted molar refractivity (Wildman–Crippen MR) is 103 cm³/mol. The van der Waals surface area contributed by atoms with E-state index in [0.29, 0.717) is 5.02 Å². The highest BCUT2D eigenvalue weighted by atomic mass is 35.5. The van der Waals surface area contributed by atoms with Gasteiger partial charge < -0.3 is 10.2 Å². The van der Waals surface area contributed by atoms with Crippen molar-refractivity contribution in [3.63, 3.8) is 0 Å². The highest BCUT2D eigenvalue weighted by molar-refractivity contribution is 7.99. The fraction of sp³-hybridized carbons (Fsp3) is 0.316. The summed E-state index contributed by atoms with van der Waals surface area (Å²) in [4.78, 5) is 14.6. The SMILES string of the molecule is Cc1ccc([C@H]2SCCN2C(=O)Nc2ccc(C)c(Cl)c2)c(C)c1. The molecule has 3 nitrogen and oxygen atoms in total. The van der Waals surface area contributed by atoms with E-state index < -0.39 is 0 Å². The number of thioether (sulfide) groups is 1. The van der Waals surface area contributed by atoms with Crippen LogP contribution >= 0.6 is 23.4 Å². The summed E-state index contributed by atoms with van der Waals surface area (Å²) in [5.74, 6) is 0.945. The molecule has 2 aromatic rings. The van der Waals surface area contributed by atoms with E-state index in [1.807, 2.05) is 35.7 Å². The van der Waals surface area contributed by atoms with Crippen molar-refractivity contribution in [2.45, 2.75) is 26.1 Å². The van der Waals surface area contributed by atoms with Crippen molar-refractivity contribution in [2.24, 2.45) is 0 Å². The third-order valence-electron chi connectivity index (χ3n) is 4.27. The summed E-state index contributed by atoms with van der Waals surface area (Å²) in [6, 6.07) is 11.9. The number of hydrogen-bond donors (Lipinski definition) is 1. The molecule has 126 valence electrons. The molecule has 0 radical (unpaired) electrons. The smallest absolute Gasteiger partial charge is 0.308 e. The molecule has 1 aliphatic rings. The Morgan fingerprint density at radius 3 is 2.67 bits per heavy atom. The first-order valence-electron chi connectivity index (χ1n) is 7.98. The van der Waals surface area contributed by atoms with Crippen molar-refractivity contribution in [3.05, 3.63) is 63.7 Å². The van der Waals surface area contributed by atoms with Crippen LogP contribution in [0, 0.1) is 20.8 Å². The highest BCUT2D eigenvalue weighted by Gasteiger charge is 2.31. The number of benzene rings is 2. The van der Waals surface area contributed by atoms with Crippen molar-refractivity contribution < 1.29 is 4.79 Å². The summed E-state index contributed by atoms with van der Waals surface area (Å²) in [7, 11) is 0. The minimum atomic E-state index is -0.0788. The summed E-state index contributed by atoms with van der Waals surface area (Å²) in [5.41, 5.74) is 5.40. The molecule has 1 fully saturated rings. The lowest BCUT2D eigenvalue weighted by molar-refractivity contribution is 0.214.